The Kier molecular flexibility index (Phi) is 7.87. The minimum Gasteiger partial charge on any atom is -0.484 e. The Hall–Kier alpha value is -3.02. The van der Waals surface area contributed by atoms with Gasteiger partial charge in [0.1, 0.15) is 11.5 Å². The summed E-state index contributed by atoms with van der Waals surface area (Å²) in [4.78, 5) is 23.8. The number of carbonyl (C=O) groups excluding carboxylic acids is 2. The number of hydrogen-bond donors (Lipinski definition) is 2. The summed E-state index contributed by atoms with van der Waals surface area (Å²) < 4.78 is 11.0. The Morgan fingerprint density at radius 3 is 2.11 bits per heavy atom. The normalized spacial score (nSPS) is 10.5. The van der Waals surface area contributed by atoms with E-state index in [1.807, 2.05) is 49.4 Å². The van der Waals surface area contributed by atoms with Gasteiger partial charge in [-0.15, -0.1) is 0 Å². The highest BCUT2D eigenvalue weighted by molar-refractivity contribution is 5.83. The Labute approximate surface area is 166 Å². The molecule has 0 fully saturated rings. The smallest absolute Gasteiger partial charge is 0.276 e. The van der Waals surface area contributed by atoms with E-state index in [1.54, 1.807) is 0 Å². The lowest BCUT2D eigenvalue weighted by molar-refractivity contribution is -0.131. The van der Waals surface area contributed by atoms with Crippen molar-refractivity contribution in [2.24, 2.45) is 0 Å². The molecular weight excluding hydrogens is 356 g/mol. The van der Waals surface area contributed by atoms with Crippen molar-refractivity contribution in [2.75, 3.05) is 13.2 Å². The Morgan fingerprint density at radius 1 is 0.929 bits per heavy atom. The van der Waals surface area contributed by atoms with Crippen LogP contribution in [-0.2, 0) is 16.0 Å². The first-order chi connectivity index (χ1) is 13.4. The SMILES string of the molecule is CCc1ccc(OCC(=O)NNC(=O)COc2cc(C)ccc2C(C)C)cc1. The molecule has 0 saturated heterocycles. The van der Waals surface area contributed by atoms with E-state index in [4.69, 9.17) is 9.47 Å². The van der Waals surface area contributed by atoms with Gasteiger partial charge >= 0.3 is 0 Å². The number of hydrazine groups is 1. The van der Waals surface area contributed by atoms with Crippen molar-refractivity contribution in [2.45, 2.75) is 40.0 Å². The van der Waals surface area contributed by atoms with Crippen molar-refractivity contribution in [1.29, 1.82) is 0 Å². The fraction of sp³-hybridized carbons (Fsp3) is 0.364. The van der Waals surface area contributed by atoms with Crippen LogP contribution in [0.2, 0.25) is 0 Å². The number of aryl methyl sites for hydroxylation is 2. The Bertz CT molecular complexity index is 801. The zero-order valence-electron chi connectivity index (χ0n) is 16.9. The highest BCUT2D eigenvalue weighted by Gasteiger charge is 2.11. The van der Waals surface area contributed by atoms with Crippen LogP contribution in [0.4, 0.5) is 0 Å². The highest BCUT2D eigenvalue weighted by Crippen LogP contribution is 2.27. The van der Waals surface area contributed by atoms with E-state index >= 15 is 0 Å². The molecule has 2 rings (SSSR count). The molecular formula is C22H28N2O4. The van der Waals surface area contributed by atoms with Crippen molar-refractivity contribution < 1.29 is 19.1 Å². The summed E-state index contributed by atoms with van der Waals surface area (Å²) in [6, 6.07) is 13.4. The van der Waals surface area contributed by atoms with Crippen LogP contribution in [0, 0.1) is 6.92 Å². The van der Waals surface area contributed by atoms with Gasteiger partial charge in [-0.2, -0.15) is 0 Å². The summed E-state index contributed by atoms with van der Waals surface area (Å²) in [5.74, 6) is 0.656. The average molecular weight is 384 g/mol. The fourth-order valence-electron chi connectivity index (χ4n) is 2.57. The van der Waals surface area contributed by atoms with Crippen LogP contribution in [0.3, 0.4) is 0 Å². The molecule has 2 N–H and O–H groups in total. The topological polar surface area (TPSA) is 76.7 Å². The molecule has 2 aromatic carbocycles. The predicted molar refractivity (Wildman–Crippen MR) is 108 cm³/mol. The van der Waals surface area contributed by atoms with Gasteiger partial charge in [0.05, 0.1) is 0 Å². The van der Waals surface area contributed by atoms with E-state index < -0.39 is 11.8 Å². The molecule has 150 valence electrons. The Balaban J connectivity index is 1.74. The maximum absolute atomic E-state index is 11.9. The first kappa shape index (κ1) is 21.3. The molecule has 0 atom stereocenters. The van der Waals surface area contributed by atoms with Gasteiger partial charge in [-0.05, 0) is 54.2 Å². The summed E-state index contributed by atoms with van der Waals surface area (Å²) in [6.07, 6.45) is 0.941. The lowest BCUT2D eigenvalue weighted by Crippen LogP contribution is -2.45. The number of benzene rings is 2. The molecule has 6 nitrogen and oxygen atoms in total. The molecule has 0 aromatic heterocycles. The van der Waals surface area contributed by atoms with Crippen LogP contribution in [0.5, 0.6) is 11.5 Å². The number of nitrogens with one attached hydrogen (secondary N) is 2. The van der Waals surface area contributed by atoms with E-state index in [0.29, 0.717) is 11.5 Å². The van der Waals surface area contributed by atoms with Crippen molar-refractivity contribution in [3.05, 3.63) is 59.2 Å². The van der Waals surface area contributed by atoms with Gasteiger partial charge < -0.3 is 9.47 Å². The van der Waals surface area contributed by atoms with Gasteiger partial charge in [0.2, 0.25) is 0 Å². The number of hydrogen-bond acceptors (Lipinski definition) is 4. The third kappa shape index (κ3) is 6.61. The molecule has 6 heteroatoms. The zero-order valence-corrected chi connectivity index (χ0v) is 16.9. The molecule has 0 saturated carbocycles. The van der Waals surface area contributed by atoms with E-state index in [9.17, 15) is 9.59 Å². The largest absolute Gasteiger partial charge is 0.484 e. The first-order valence-corrected chi connectivity index (χ1v) is 9.41. The second kappa shape index (κ2) is 10.3. The second-order valence-electron chi connectivity index (χ2n) is 6.87. The van der Waals surface area contributed by atoms with E-state index in [1.165, 1.54) is 5.56 Å². The number of rotatable bonds is 8. The maximum Gasteiger partial charge on any atom is 0.276 e. The molecule has 0 radical (unpaired) electrons. The summed E-state index contributed by atoms with van der Waals surface area (Å²) in [6.45, 7) is 7.78. The van der Waals surface area contributed by atoms with E-state index in [0.717, 1.165) is 17.5 Å². The van der Waals surface area contributed by atoms with Crippen LogP contribution in [0.25, 0.3) is 0 Å². The predicted octanol–water partition coefficient (Wildman–Crippen LogP) is 3.29. The van der Waals surface area contributed by atoms with Gasteiger partial charge in [0.15, 0.2) is 13.2 Å². The summed E-state index contributed by atoms with van der Waals surface area (Å²) >= 11 is 0. The second-order valence-corrected chi connectivity index (χ2v) is 6.87. The van der Waals surface area contributed by atoms with Crippen molar-refractivity contribution in [1.82, 2.24) is 10.9 Å². The summed E-state index contributed by atoms with van der Waals surface area (Å²) in [5.41, 5.74) is 7.92. The number of ether oxygens (including phenoxy) is 2. The van der Waals surface area contributed by atoms with Crippen LogP contribution in [0.15, 0.2) is 42.5 Å². The van der Waals surface area contributed by atoms with Crippen LogP contribution in [0.1, 0.15) is 43.4 Å². The standard InChI is InChI=1S/C22H28N2O4/c1-5-17-7-9-18(10-8-17)27-13-21(25)23-24-22(26)14-28-20-12-16(4)6-11-19(20)15(2)3/h6-12,15H,5,13-14H2,1-4H3,(H,23,25)(H,24,26). The van der Waals surface area contributed by atoms with Gasteiger partial charge in [0, 0.05) is 0 Å². The van der Waals surface area contributed by atoms with Crippen LogP contribution in [-0.4, -0.2) is 25.0 Å². The third-order valence-electron chi connectivity index (χ3n) is 4.19. The third-order valence-corrected chi connectivity index (χ3v) is 4.19. The monoisotopic (exact) mass is 384 g/mol. The number of amides is 2. The molecule has 0 aliphatic rings. The molecule has 0 unspecified atom stereocenters. The van der Waals surface area contributed by atoms with Gasteiger partial charge in [-0.3, -0.25) is 20.4 Å². The minimum atomic E-state index is -0.452. The summed E-state index contributed by atoms with van der Waals surface area (Å²) in [7, 11) is 0. The van der Waals surface area contributed by atoms with Crippen LogP contribution >= 0.6 is 0 Å². The molecule has 2 aromatic rings. The molecule has 28 heavy (non-hydrogen) atoms. The van der Waals surface area contributed by atoms with E-state index in [-0.39, 0.29) is 19.1 Å². The molecule has 0 aliphatic carbocycles. The first-order valence-electron chi connectivity index (χ1n) is 9.41. The minimum absolute atomic E-state index is 0.192. The maximum atomic E-state index is 11.9. The van der Waals surface area contributed by atoms with E-state index in [2.05, 4.69) is 31.6 Å². The zero-order chi connectivity index (χ0) is 20.5. The highest BCUT2D eigenvalue weighted by atomic mass is 16.5. The van der Waals surface area contributed by atoms with Gasteiger partial charge in [-0.25, -0.2) is 0 Å². The van der Waals surface area contributed by atoms with Crippen molar-refractivity contribution >= 4 is 11.8 Å². The van der Waals surface area contributed by atoms with Gasteiger partial charge in [0.25, 0.3) is 11.8 Å². The molecule has 0 heterocycles. The lowest BCUT2D eigenvalue weighted by atomic mass is 10.0. The molecule has 2 amide bonds. The average Bonchev–Trinajstić information content (AvgIpc) is 2.69. The molecule has 0 spiro atoms. The quantitative estimate of drug-likeness (QED) is 0.685. The fourth-order valence-corrected chi connectivity index (χ4v) is 2.57. The van der Waals surface area contributed by atoms with Crippen molar-refractivity contribution in [3.63, 3.8) is 0 Å². The molecule has 0 aliphatic heterocycles. The van der Waals surface area contributed by atoms with Gasteiger partial charge in [-0.1, -0.05) is 45.0 Å². The number of carbonyl (C=O) groups is 2. The Morgan fingerprint density at radius 2 is 1.54 bits per heavy atom. The molecule has 0 bridgehead atoms. The van der Waals surface area contributed by atoms with Crippen LogP contribution < -0.4 is 20.3 Å². The summed E-state index contributed by atoms with van der Waals surface area (Å²) in [5, 5.41) is 0. The van der Waals surface area contributed by atoms with Crippen molar-refractivity contribution in [3.8, 4) is 11.5 Å². The lowest BCUT2D eigenvalue weighted by Gasteiger charge is -2.15.